The predicted molar refractivity (Wildman–Crippen MR) is 118 cm³/mol. The van der Waals surface area contributed by atoms with Gasteiger partial charge in [-0.25, -0.2) is 4.39 Å². The van der Waals surface area contributed by atoms with Crippen molar-refractivity contribution in [1.82, 2.24) is 15.3 Å². The molecule has 0 saturated carbocycles. The zero-order valence-corrected chi connectivity index (χ0v) is 17.8. The van der Waals surface area contributed by atoms with E-state index in [2.05, 4.69) is 32.4 Å². The molecule has 29 heavy (non-hydrogen) atoms. The van der Waals surface area contributed by atoms with Gasteiger partial charge in [0.2, 0.25) is 11.8 Å². The topological polar surface area (TPSA) is 62.3 Å². The normalized spacial score (nSPS) is 14.5. The number of benzene rings is 1. The van der Waals surface area contributed by atoms with Gasteiger partial charge in [0, 0.05) is 25.7 Å². The van der Waals surface area contributed by atoms with Crippen LogP contribution in [-0.2, 0) is 6.42 Å². The van der Waals surface area contributed by atoms with E-state index in [0.717, 1.165) is 56.1 Å². The van der Waals surface area contributed by atoms with E-state index in [-0.39, 0.29) is 5.82 Å². The molecule has 0 spiro atoms. The molecule has 2 heterocycles. The van der Waals surface area contributed by atoms with E-state index in [1.165, 1.54) is 12.1 Å². The Hall–Kier alpha value is -2.48. The minimum atomic E-state index is -0.214. The molecule has 1 saturated heterocycles. The summed E-state index contributed by atoms with van der Waals surface area (Å²) >= 11 is 5.37. The summed E-state index contributed by atoms with van der Waals surface area (Å²) in [7, 11) is 1.60. The van der Waals surface area contributed by atoms with Crippen molar-refractivity contribution < 1.29 is 9.13 Å². The molecule has 1 fully saturated rings. The van der Waals surface area contributed by atoms with Gasteiger partial charge in [-0.1, -0.05) is 19.1 Å². The van der Waals surface area contributed by atoms with Crippen LogP contribution in [0.1, 0.15) is 31.7 Å². The largest absolute Gasteiger partial charge is 0.481 e. The van der Waals surface area contributed by atoms with Crippen LogP contribution in [0.4, 0.5) is 16.2 Å². The van der Waals surface area contributed by atoms with Crippen LogP contribution in [0.3, 0.4) is 0 Å². The Labute approximate surface area is 176 Å². The van der Waals surface area contributed by atoms with Gasteiger partial charge in [-0.15, -0.1) is 0 Å². The Bertz CT molecular complexity index is 809. The number of anilines is 2. The Balaban J connectivity index is 1.51. The number of ether oxygens (including phenoxy) is 1. The molecule has 0 unspecified atom stereocenters. The van der Waals surface area contributed by atoms with Crippen molar-refractivity contribution in [3.05, 3.63) is 41.7 Å². The fourth-order valence-corrected chi connectivity index (χ4v) is 3.46. The molecule has 0 atom stereocenters. The summed E-state index contributed by atoms with van der Waals surface area (Å²) < 4.78 is 18.3. The monoisotopic (exact) mass is 417 g/mol. The number of nitrogens with zero attached hydrogens (tertiary/aromatic N) is 3. The molecule has 0 aliphatic carbocycles. The average molecular weight is 418 g/mol. The van der Waals surface area contributed by atoms with E-state index in [9.17, 15) is 4.39 Å². The van der Waals surface area contributed by atoms with Gasteiger partial charge in [-0.2, -0.15) is 9.97 Å². The molecule has 156 valence electrons. The van der Waals surface area contributed by atoms with E-state index in [1.54, 1.807) is 19.2 Å². The minimum absolute atomic E-state index is 0.214. The molecular formula is C21H28FN5OS. The van der Waals surface area contributed by atoms with Gasteiger partial charge >= 0.3 is 0 Å². The molecule has 1 aliphatic heterocycles. The van der Waals surface area contributed by atoms with Gasteiger partial charge in [-0.05, 0) is 61.5 Å². The van der Waals surface area contributed by atoms with Crippen LogP contribution in [-0.4, -0.2) is 41.8 Å². The van der Waals surface area contributed by atoms with Gasteiger partial charge in [-0.3, -0.25) is 0 Å². The summed E-state index contributed by atoms with van der Waals surface area (Å²) in [6, 6.07) is 8.43. The van der Waals surface area contributed by atoms with Crippen molar-refractivity contribution in [3.63, 3.8) is 0 Å². The highest BCUT2D eigenvalue weighted by molar-refractivity contribution is 7.80. The number of halogens is 1. The molecule has 3 rings (SSSR count). The van der Waals surface area contributed by atoms with Gasteiger partial charge in [0.15, 0.2) is 5.11 Å². The molecule has 2 aromatic rings. The van der Waals surface area contributed by atoms with Gasteiger partial charge in [0.1, 0.15) is 11.6 Å². The second-order valence-electron chi connectivity index (χ2n) is 7.37. The first-order chi connectivity index (χ1) is 14.0. The smallest absolute Gasteiger partial charge is 0.234 e. The second-order valence-corrected chi connectivity index (χ2v) is 7.78. The maximum Gasteiger partial charge on any atom is 0.234 e. The van der Waals surface area contributed by atoms with Gasteiger partial charge in [0.05, 0.1) is 7.11 Å². The summed E-state index contributed by atoms with van der Waals surface area (Å²) in [5.41, 5.74) is 1.10. The second kappa shape index (κ2) is 10.3. The number of methoxy groups -OCH3 is 1. The van der Waals surface area contributed by atoms with Crippen molar-refractivity contribution in [3.8, 4) is 5.88 Å². The molecule has 2 N–H and O–H groups in total. The Morgan fingerprint density at radius 1 is 1.24 bits per heavy atom. The van der Waals surface area contributed by atoms with Crippen LogP contribution >= 0.6 is 12.2 Å². The first kappa shape index (κ1) is 21.2. The number of rotatable bonds is 7. The lowest BCUT2D eigenvalue weighted by Gasteiger charge is -2.31. The van der Waals surface area contributed by atoms with Crippen molar-refractivity contribution in [2.75, 3.05) is 37.0 Å². The zero-order valence-electron chi connectivity index (χ0n) is 16.9. The van der Waals surface area contributed by atoms with Crippen molar-refractivity contribution in [1.29, 1.82) is 0 Å². The van der Waals surface area contributed by atoms with E-state index in [4.69, 9.17) is 17.0 Å². The Morgan fingerprint density at radius 2 is 1.97 bits per heavy atom. The van der Waals surface area contributed by atoms with Crippen LogP contribution in [0, 0.1) is 11.7 Å². The molecule has 6 nitrogen and oxygen atoms in total. The maximum absolute atomic E-state index is 12.9. The van der Waals surface area contributed by atoms with Gasteiger partial charge in [0.25, 0.3) is 0 Å². The highest BCUT2D eigenvalue weighted by Crippen LogP contribution is 2.24. The van der Waals surface area contributed by atoms with Crippen LogP contribution in [0.25, 0.3) is 0 Å². The standard InChI is InChI=1S/C21H28FN5OS/c1-15-9-12-27(13-10-15)18-14-19(28-2)25-20(24-18)26-21(29)23-11-3-4-16-5-7-17(22)8-6-16/h5-8,14-15H,3-4,9-13H2,1-2H3,(H2,23,24,25,26,29). The van der Waals surface area contributed by atoms with Gasteiger partial charge < -0.3 is 20.3 Å². The fourth-order valence-electron chi connectivity index (χ4n) is 3.26. The van der Waals surface area contributed by atoms with E-state index < -0.39 is 0 Å². The number of hydrogen-bond donors (Lipinski definition) is 2. The molecule has 1 aromatic carbocycles. The summed E-state index contributed by atoms with van der Waals surface area (Å²) in [5.74, 6) is 2.32. The summed E-state index contributed by atoms with van der Waals surface area (Å²) in [6.45, 7) is 4.94. The number of nitrogens with one attached hydrogen (secondary N) is 2. The zero-order chi connectivity index (χ0) is 20.6. The van der Waals surface area contributed by atoms with E-state index >= 15 is 0 Å². The van der Waals surface area contributed by atoms with Crippen LogP contribution in [0.5, 0.6) is 5.88 Å². The molecular weight excluding hydrogens is 389 g/mol. The quantitative estimate of drug-likeness (QED) is 0.525. The summed E-state index contributed by atoms with van der Waals surface area (Å²) in [6.07, 6.45) is 4.04. The molecule has 1 aromatic heterocycles. The molecule has 0 radical (unpaired) electrons. The fraction of sp³-hybridized carbons (Fsp3) is 0.476. The highest BCUT2D eigenvalue weighted by atomic mass is 32.1. The Morgan fingerprint density at radius 3 is 2.66 bits per heavy atom. The number of aryl methyl sites for hydroxylation is 1. The minimum Gasteiger partial charge on any atom is -0.481 e. The van der Waals surface area contributed by atoms with Crippen LogP contribution < -0.4 is 20.3 Å². The van der Waals surface area contributed by atoms with Crippen molar-refractivity contribution in [2.24, 2.45) is 5.92 Å². The third kappa shape index (κ3) is 6.52. The molecule has 1 aliphatic rings. The molecule has 0 bridgehead atoms. The number of thiocarbonyl (C=S) groups is 1. The van der Waals surface area contributed by atoms with E-state index in [1.807, 2.05) is 6.07 Å². The lowest BCUT2D eigenvalue weighted by Crippen LogP contribution is -2.34. The maximum atomic E-state index is 12.9. The Kier molecular flexibility index (Phi) is 7.57. The predicted octanol–water partition coefficient (Wildman–Crippen LogP) is 3.78. The molecule has 0 amide bonds. The van der Waals surface area contributed by atoms with Crippen molar-refractivity contribution in [2.45, 2.75) is 32.6 Å². The summed E-state index contributed by atoms with van der Waals surface area (Å²) in [4.78, 5) is 11.2. The SMILES string of the molecule is COc1cc(N2CCC(C)CC2)nc(NC(=S)NCCCc2ccc(F)cc2)n1. The van der Waals surface area contributed by atoms with Crippen molar-refractivity contribution >= 4 is 29.1 Å². The number of piperidine rings is 1. The average Bonchev–Trinajstić information content (AvgIpc) is 2.72. The molecule has 8 heteroatoms. The van der Waals surface area contributed by atoms with Crippen LogP contribution in [0.2, 0.25) is 0 Å². The number of aromatic nitrogens is 2. The third-order valence-electron chi connectivity index (χ3n) is 5.07. The first-order valence-electron chi connectivity index (χ1n) is 10.0. The summed E-state index contributed by atoms with van der Waals surface area (Å²) in [5, 5.41) is 6.69. The van der Waals surface area contributed by atoms with Crippen LogP contribution in [0.15, 0.2) is 30.3 Å². The lowest BCUT2D eigenvalue weighted by molar-refractivity contribution is 0.396. The number of hydrogen-bond acceptors (Lipinski definition) is 5. The lowest BCUT2D eigenvalue weighted by atomic mass is 9.99. The third-order valence-corrected chi connectivity index (χ3v) is 5.32. The highest BCUT2D eigenvalue weighted by Gasteiger charge is 2.19. The first-order valence-corrected chi connectivity index (χ1v) is 10.4. The van der Waals surface area contributed by atoms with E-state index in [0.29, 0.717) is 23.5 Å².